The van der Waals surface area contributed by atoms with Crippen molar-refractivity contribution in [1.82, 2.24) is 19.7 Å². The molecular formula is C23H22F2N4O4S. The SMILES string of the molecule is Cc1cnc(C(CO)(CO)NC(=O)c2c(C)nc3c(OCc4c(F)cccc4F)cccn23)s1. The molecule has 0 aliphatic heterocycles. The molecule has 0 bridgehead atoms. The van der Waals surface area contributed by atoms with Gasteiger partial charge in [0, 0.05) is 17.3 Å². The first-order valence-electron chi connectivity index (χ1n) is 10.3. The van der Waals surface area contributed by atoms with Crippen LogP contribution in [-0.2, 0) is 12.1 Å². The number of nitrogens with zero attached hydrogens (tertiary/aromatic N) is 3. The van der Waals surface area contributed by atoms with Gasteiger partial charge in [-0.15, -0.1) is 11.3 Å². The van der Waals surface area contributed by atoms with E-state index >= 15 is 0 Å². The number of imidazole rings is 1. The van der Waals surface area contributed by atoms with Crippen molar-refractivity contribution in [2.45, 2.75) is 26.0 Å². The number of aryl methyl sites for hydroxylation is 2. The fraction of sp³-hybridized carbons (Fsp3) is 0.261. The second-order valence-electron chi connectivity index (χ2n) is 7.73. The number of amides is 1. The van der Waals surface area contributed by atoms with Gasteiger partial charge >= 0.3 is 0 Å². The van der Waals surface area contributed by atoms with E-state index in [-0.39, 0.29) is 29.3 Å². The normalized spacial score (nSPS) is 11.7. The Morgan fingerprint density at radius 1 is 1.18 bits per heavy atom. The molecule has 0 saturated heterocycles. The standard InChI is InChI=1S/C23H22F2N4O4S/c1-13-9-26-22(34-13)23(11-30,12-31)28-21(32)19-14(2)27-20-18(7-4-8-29(19)20)33-10-15-16(24)5-3-6-17(15)25/h3-9,30-31H,10-12H2,1-2H3,(H,28,32). The third-order valence-electron chi connectivity index (χ3n) is 5.36. The third kappa shape index (κ3) is 4.25. The van der Waals surface area contributed by atoms with Crippen LogP contribution in [0.2, 0.25) is 0 Å². The molecule has 1 aromatic carbocycles. The van der Waals surface area contributed by atoms with Crippen LogP contribution in [0.25, 0.3) is 5.65 Å². The molecule has 0 aliphatic rings. The van der Waals surface area contributed by atoms with Gasteiger partial charge in [-0.05, 0) is 38.1 Å². The van der Waals surface area contributed by atoms with E-state index in [1.807, 2.05) is 6.92 Å². The number of benzene rings is 1. The topological polar surface area (TPSA) is 109 Å². The molecule has 0 radical (unpaired) electrons. The zero-order chi connectivity index (χ0) is 24.5. The number of carbonyl (C=O) groups excluding carboxylic acids is 1. The van der Waals surface area contributed by atoms with Crippen molar-refractivity contribution in [3.05, 3.63) is 81.2 Å². The van der Waals surface area contributed by atoms with Gasteiger partial charge in [0.2, 0.25) is 0 Å². The monoisotopic (exact) mass is 488 g/mol. The van der Waals surface area contributed by atoms with Crippen molar-refractivity contribution in [2.75, 3.05) is 13.2 Å². The first-order chi connectivity index (χ1) is 16.3. The number of carbonyl (C=O) groups is 1. The number of hydrogen-bond donors (Lipinski definition) is 3. The molecule has 8 nitrogen and oxygen atoms in total. The van der Waals surface area contributed by atoms with Crippen LogP contribution in [0.1, 0.15) is 31.6 Å². The van der Waals surface area contributed by atoms with Crippen LogP contribution < -0.4 is 10.1 Å². The molecule has 0 aliphatic carbocycles. The molecule has 1 amide bonds. The third-order valence-corrected chi connectivity index (χ3v) is 6.48. The fourth-order valence-electron chi connectivity index (χ4n) is 3.53. The highest BCUT2D eigenvalue weighted by atomic mass is 32.1. The van der Waals surface area contributed by atoms with Crippen molar-refractivity contribution in [1.29, 1.82) is 0 Å². The Bertz CT molecular complexity index is 1330. The molecule has 11 heteroatoms. The Hall–Kier alpha value is -3.41. The van der Waals surface area contributed by atoms with E-state index in [9.17, 15) is 23.8 Å². The lowest BCUT2D eigenvalue weighted by Crippen LogP contribution is -2.51. The summed E-state index contributed by atoms with van der Waals surface area (Å²) < 4.78 is 35.1. The molecule has 4 aromatic rings. The maximum absolute atomic E-state index is 14.0. The quantitative estimate of drug-likeness (QED) is 0.352. The Kier molecular flexibility index (Phi) is 6.60. The lowest BCUT2D eigenvalue weighted by molar-refractivity contribution is 0.0652. The van der Waals surface area contributed by atoms with Crippen molar-refractivity contribution < 1.29 is 28.5 Å². The summed E-state index contributed by atoms with van der Waals surface area (Å²) in [6.07, 6.45) is 3.18. The predicted octanol–water partition coefficient (Wildman–Crippen LogP) is 2.87. The summed E-state index contributed by atoms with van der Waals surface area (Å²) >= 11 is 1.25. The fourth-order valence-corrected chi connectivity index (χ4v) is 4.42. The van der Waals surface area contributed by atoms with Gasteiger partial charge in [0.1, 0.15) is 34.5 Å². The van der Waals surface area contributed by atoms with Gasteiger partial charge in [-0.25, -0.2) is 18.7 Å². The summed E-state index contributed by atoms with van der Waals surface area (Å²) in [7, 11) is 0. The van der Waals surface area contributed by atoms with Crippen molar-refractivity contribution in [3.8, 4) is 5.75 Å². The van der Waals surface area contributed by atoms with Crippen LogP contribution in [0.3, 0.4) is 0 Å². The summed E-state index contributed by atoms with van der Waals surface area (Å²) in [6, 6.07) is 6.73. The first-order valence-corrected chi connectivity index (χ1v) is 11.1. The molecule has 4 rings (SSSR count). The van der Waals surface area contributed by atoms with Gasteiger partial charge in [0.05, 0.1) is 24.5 Å². The minimum atomic E-state index is -1.48. The number of aromatic nitrogens is 3. The van der Waals surface area contributed by atoms with Crippen LogP contribution in [0.15, 0.2) is 42.7 Å². The highest BCUT2D eigenvalue weighted by Gasteiger charge is 2.37. The summed E-state index contributed by atoms with van der Waals surface area (Å²) in [6.45, 7) is 1.94. The maximum Gasteiger partial charge on any atom is 0.271 e. The molecular weight excluding hydrogens is 466 g/mol. The molecule has 3 heterocycles. The summed E-state index contributed by atoms with van der Waals surface area (Å²) in [5.41, 5.74) is -0.933. The van der Waals surface area contributed by atoms with E-state index in [4.69, 9.17) is 4.74 Å². The lowest BCUT2D eigenvalue weighted by atomic mass is 10.0. The van der Waals surface area contributed by atoms with E-state index in [0.29, 0.717) is 10.7 Å². The predicted molar refractivity (Wildman–Crippen MR) is 121 cm³/mol. The smallest absolute Gasteiger partial charge is 0.271 e. The van der Waals surface area contributed by atoms with E-state index in [2.05, 4.69) is 15.3 Å². The number of aliphatic hydroxyl groups is 2. The van der Waals surface area contributed by atoms with Crippen LogP contribution in [0.5, 0.6) is 5.75 Å². The van der Waals surface area contributed by atoms with Crippen LogP contribution in [0, 0.1) is 25.5 Å². The van der Waals surface area contributed by atoms with E-state index in [1.54, 1.807) is 31.5 Å². The number of halogens is 2. The molecule has 0 atom stereocenters. The van der Waals surface area contributed by atoms with Crippen LogP contribution in [0.4, 0.5) is 8.78 Å². The van der Waals surface area contributed by atoms with Gasteiger partial charge < -0.3 is 20.3 Å². The molecule has 0 unspecified atom stereocenters. The minimum Gasteiger partial charge on any atom is -0.485 e. The molecule has 178 valence electrons. The Morgan fingerprint density at radius 2 is 1.88 bits per heavy atom. The largest absolute Gasteiger partial charge is 0.485 e. The number of thiazole rings is 1. The number of hydrogen-bond acceptors (Lipinski definition) is 7. The van der Waals surface area contributed by atoms with Crippen LogP contribution >= 0.6 is 11.3 Å². The minimum absolute atomic E-state index is 0.150. The Labute approximate surface area is 197 Å². The summed E-state index contributed by atoms with van der Waals surface area (Å²) in [5, 5.41) is 23.1. The second-order valence-corrected chi connectivity index (χ2v) is 8.96. The van der Waals surface area contributed by atoms with Gasteiger partial charge in [-0.1, -0.05) is 6.07 Å². The summed E-state index contributed by atoms with van der Waals surface area (Å²) in [5.74, 6) is -1.83. The van der Waals surface area contributed by atoms with Crippen molar-refractivity contribution in [2.24, 2.45) is 0 Å². The number of ether oxygens (including phenoxy) is 1. The highest BCUT2D eigenvalue weighted by Crippen LogP contribution is 2.28. The molecule has 0 saturated carbocycles. The molecule has 3 aromatic heterocycles. The number of fused-ring (bicyclic) bond motifs is 1. The highest BCUT2D eigenvalue weighted by molar-refractivity contribution is 7.11. The zero-order valence-electron chi connectivity index (χ0n) is 18.4. The number of pyridine rings is 1. The average molecular weight is 489 g/mol. The zero-order valence-corrected chi connectivity index (χ0v) is 19.2. The molecule has 0 fully saturated rings. The van der Waals surface area contributed by atoms with E-state index in [0.717, 1.165) is 17.0 Å². The lowest BCUT2D eigenvalue weighted by Gasteiger charge is -2.28. The first kappa shape index (κ1) is 23.7. The van der Waals surface area contributed by atoms with E-state index in [1.165, 1.54) is 21.8 Å². The van der Waals surface area contributed by atoms with E-state index < -0.39 is 36.3 Å². The summed E-state index contributed by atoms with van der Waals surface area (Å²) in [4.78, 5) is 22.7. The van der Waals surface area contributed by atoms with Gasteiger partial charge in [-0.2, -0.15) is 0 Å². The van der Waals surface area contributed by atoms with Gasteiger partial charge in [0.25, 0.3) is 5.91 Å². The average Bonchev–Trinajstić information content (AvgIpc) is 3.40. The van der Waals surface area contributed by atoms with Gasteiger partial charge in [0.15, 0.2) is 11.4 Å². The second kappa shape index (κ2) is 9.45. The Balaban J connectivity index is 1.66. The maximum atomic E-state index is 14.0. The Morgan fingerprint density at radius 3 is 2.50 bits per heavy atom. The number of aliphatic hydroxyl groups excluding tert-OH is 2. The van der Waals surface area contributed by atoms with Crippen molar-refractivity contribution >= 4 is 22.9 Å². The molecule has 0 spiro atoms. The van der Waals surface area contributed by atoms with Crippen LogP contribution in [-0.4, -0.2) is 43.7 Å². The number of rotatable bonds is 8. The van der Waals surface area contributed by atoms with Gasteiger partial charge in [-0.3, -0.25) is 9.20 Å². The van der Waals surface area contributed by atoms with Crippen molar-refractivity contribution in [3.63, 3.8) is 0 Å². The molecule has 34 heavy (non-hydrogen) atoms. The number of nitrogens with one attached hydrogen (secondary N) is 1. The molecule has 3 N–H and O–H groups in total.